The van der Waals surface area contributed by atoms with Crippen molar-refractivity contribution in [1.82, 2.24) is 10.2 Å². The van der Waals surface area contributed by atoms with Crippen molar-refractivity contribution in [2.45, 2.75) is 25.7 Å². The van der Waals surface area contributed by atoms with Crippen molar-refractivity contribution in [3.8, 4) is 0 Å². The van der Waals surface area contributed by atoms with E-state index in [1.165, 1.54) is 25.7 Å². The van der Waals surface area contributed by atoms with Gasteiger partial charge in [0.15, 0.2) is 0 Å². The number of fused-ring (bicyclic) bond motifs is 2. The van der Waals surface area contributed by atoms with Gasteiger partial charge in [0.05, 0.1) is 13.2 Å². The molecule has 0 aliphatic heterocycles. The molecule has 2 bridgehead atoms. The topological polar surface area (TPSA) is 41.6 Å². The molecule has 0 aromatic heterocycles. The molecule has 2 rings (SSSR count). The van der Waals surface area contributed by atoms with Gasteiger partial charge in [0.2, 0.25) is 5.91 Å². The zero-order valence-corrected chi connectivity index (χ0v) is 11.7. The Kier molecular flexibility index (Phi) is 5.01. The Balaban J connectivity index is 1.64. The van der Waals surface area contributed by atoms with Crippen molar-refractivity contribution >= 4 is 5.91 Å². The molecule has 0 aromatic carbocycles. The summed E-state index contributed by atoms with van der Waals surface area (Å²) in [4.78, 5) is 13.8. The second-order valence-corrected chi connectivity index (χ2v) is 5.88. The molecule has 2 saturated carbocycles. The first-order valence-corrected chi connectivity index (χ1v) is 7.14. The number of amides is 1. The molecule has 4 nitrogen and oxygen atoms in total. The number of ether oxygens (including phenoxy) is 1. The lowest BCUT2D eigenvalue weighted by Gasteiger charge is -2.27. The predicted octanol–water partition coefficient (Wildman–Crippen LogP) is 1.12. The monoisotopic (exact) mass is 254 g/mol. The second kappa shape index (κ2) is 6.53. The minimum absolute atomic E-state index is 0.203. The maximum absolute atomic E-state index is 11.9. The highest BCUT2D eigenvalue weighted by atomic mass is 16.5. The van der Waals surface area contributed by atoms with Crippen LogP contribution in [0.5, 0.6) is 0 Å². The number of nitrogens with zero attached hydrogens (tertiary/aromatic N) is 1. The fourth-order valence-corrected chi connectivity index (χ4v) is 3.56. The number of likely N-dealkylation sites (N-methyl/N-ethyl adjacent to an activating group) is 1. The number of nitrogens with one attached hydrogen (secondary N) is 1. The summed E-state index contributed by atoms with van der Waals surface area (Å²) >= 11 is 0. The van der Waals surface area contributed by atoms with Crippen molar-refractivity contribution in [1.29, 1.82) is 0 Å². The molecule has 0 saturated heterocycles. The number of carbonyl (C=O) groups is 1. The molecule has 0 radical (unpaired) electrons. The molecular weight excluding hydrogens is 228 g/mol. The van der Waals surface area contributed by atoms with Gasteiger partial charge in [-0.05, 0) is 37.0 Å². The Labute approximate surface area is 110 Å². The Morgan fingerprint density at radius 2 is 2.22 bits per heavy atom. The highest BCUT2D eigenvalue weighted by Gasteiger charge is 2.39. The summed E-state index contributed by atoms with van der Waals surface area (Å²) in [5, 5.41) is 3.11. The fourth-order valence-electron chi connectivity index (χ4n) is 3.56. The van der Waals surface area contributed by atoms with Gasteiger partial charge in [-0.1, -0.05) is 6.42 Å². The Morgan fingerprint density at radius 3 is 2.83 bits per heavy atom. The molecule has 2 aliphatic rings. The number of rotatable bonds is 7. The number of hydrogen-bond donors (Lipinski definition) is 1. The average molecular weight is 254 g/mol. The number of hydrogen-bond acceptors (Lipinski definition) is 3. The molecular formula is C14H26N2O2. The predicted molar refractivity (Wildman–Crippen MR) is 71.3 cm³/mol. The van der Waals surface area contributed by atoms with Crippen molar-refractivity contribution in [2.24, 2.45) is 17.8 Å². The number of methoxy groups -OCH3 is 1. The van der Waals surface area contributed by atoms with Crippen molar-refractivity contribution in [2.75, 3.05) is 40.4 Å². The van der Waals surface area contributed by atoms with Crippen molar-refractivity contribution in [3.63, 3.8) is 0 Å². The third-order valence-electron chi connectivity index (χ3n) is 4.58. The minimum atomic E-state index is 0.203. The van der Waals surface area contributed by atoms with Crippen LogP contribution in [0.1, 0.15) is 25.7 Å². The highest BCUT2D eigenvalue weighted by molar-refractivity contribution is 5.77. The molecule has 0 heterocycles. The Bertz CT molecular complexity index is 283. The van der Waals surface area contributed by atoms with Crippen molar-refractivity contribution < 1.29 is 9.53 Å². The summed E-state index contributed by atoms with van der Waals surface area (Å²) in [6.07, 6.45) is 5.58. The van der Waals surface area contributed by atoms with Gasteiger partial charge in [-0.25, -0.2) is 0 Å². The standard InChI is InChI=1S/C14H26N2O2/c1-16(14(17)9-15-5-6-18-2)10-13-8-11-3-4-12(13)7-11/h11-13,15H,3-10H2,1-2H3. The summed E-state index contributed by atoms with van der Waals surface area (Å²) in [6.45, 7) is 2.78. The third-order valence-corrected chi connectivity index (χ3v) is 4.58. The van der Waals surface area contributed by atoms with Gasteiger partial charge < -0.3 is 15.0 Å². The molecule has 4 heteroatoms. The van der Waals surface area contributed by atoms with Crippen LogP contribution in [0.15, 0.2) is 0 Å². The zero-order valence-electron chi connectivity index (χ0n) is 11.7. The van der Waals surface area contributed by atoms with Crippen LogP contribution in [0.2, 0.25) is 0 Å². The summed E-state index contributed by atoms with van der Waals surface area (Å²) < 4.78 is 4.94. The molecule has 0 aromatic rings. The average Bonchev–Trinajstić information content (AvgIpc) is 2.96. The molecule has 0 spiro atoms. The van der Waals surface area contributed by atoms with Crippen LogP contribution < -0.4 is 5.32 Å². The van der Waals surface area contributed by atoms with Crippen LogP contribution >= 0.6 is 0 Å². The van der Waals surface area contributed by atoms with Gasteiger partial charge in [-0.2, -0.15) is 0 Å². The van der Waals surface area contributed by atoms with Crippen LogP contribution in [0.3, 0.4) is 0 Å². The van der Waals surface area contributed by atoms with Gasteiger partial charge in [-0.15, -0.1) is 0 Å². The van der Waals surface area contributed by atoms with E-state index >= 15 is 0 Å². The van der Waals surface area contributed by atoms with E-state index in [0.29, 0.717) is 13.2 Å². The Hall–Kier alpha value is -0.610. The van der Waals surface area contributed by atoms with Crippen molar-refractivity contribution in [3.05, 3.63) is 0 Å². The Morgan fingerprint density at radius 1 is 1.39 bits per heavy atom. The van der Waals surface area contributed by atoms with Crippen LogP contribution in [0, 0.1) is 17.8 Å². The van der Waals surface area contributed by atoms with E-state index in [1.54, 1.807) is 7.11 Å². The zero-order chi connectivity index (χ0) is 13.0. The molecule has 2 aliphatic carbocycles. The lowest BCUT2D eigenvalue weighted by molar-refractivity contribution is -0.129. The normalized spacial score (nSPS) is 29.8. The minimum Gasteiger partial charge on any atom is -0.383 e. The maximum Gasteiger partial charge on any atom is 0.236 e. The third kappa shape index (κ3) is 3.45. The maximum atomic E-state index is 11.9. The molecule has 104 valence electrons. The molecule has 3 atom stereocenters. The van der Waals surface area contributed by atoms with Gasteiger partial charge in [0.25, 0.3) is 0 Å². The quantitative estimate of drug-likeness (QED) is 0.692. The summed E-state index contributed by atoms with van der Waals surface area (Å²) in [5.41, 5.74) is 0. The summed E-state index contributed by atoms with van der Waals surface area (Å²) in [6, 6.07) is 0. The van der Waals surface area contributed by atoms with Gasteiger partial charge in [-0.3, -0.25) is 4.79 Å². The van der Waals surface area contributed by atoms with Crippen LogP contribution in [0.25, 0.3) is 0 Å². The smallest absolute Gasteiger partial charge is 0.236 e. The molecule has 1 N–H and O–H groups in total. The van der Waals surface area contributed by atoms with Gasteiger partial charge in [0, 0.05) is 27.2 Å². The first-order valence-electron chi connectivity index (χ1n) is 7.14. The van der Waals surface area contributed by atoms with E-state index in [0.717, 1.165) is 30.8 Å². The van der Waals surface area contributed by atoms with E-state index in [4.69, 9.17) is 4.74 Å². The summed E-state index contributed by atoms with van der Waals surface area (Å²) in [7, 11) is 3.61. The van der Waals surface area contributed by atoms with Gasteiger partial charge >= 0.3 is 0 Å². The van der Waals surface area contributed by atoms with Crippen LogP contribution in [-0.4, -0.2) is 51.2 Å². The van der Waals surface area contributed by atoms with E-state index in [1.807, 2.05) is 11.9 Å². The van der Waals surface area contributed by atoms with E-state index < -0.39 is 0 Å². The van der Waals surface area contributed by atoms with E-state index in [9.17, 15) is 4.79 Å². The summed E-state index contributed by atoms with van der Waals surface area (Å²) in [5.74, 6) is 2.82. The molecule has 2 fully saturated rings. The number of carbonyl (C=O) groups excluding carboxylic acids is 1. The van der Waals surface area contributed by atoms with E-state index in [-0.39, 0.29) is 5.91 Å². The van der Waals surface area contributed by atoms with Gasteiger partial charge in [0.1, 0.15) is 0 Å². The lowest BCUT2D eigenvalue weighted by Crippen LogP contribution is -2.39. The fraction of sp³-hybridized carbons (Fsp3) is 0.929. The van der Waals surface area contributed by atoms with E-state index in [2.05, 4.69) is 5.32 Å². The SMILES string of the molecule is COCCNCC(=O)N(C)CC1CC2CCC1C2. The second-order valence-electron chi connectivity index (χ2n) is 5.88. The first-order chi connectivity index (χ1) is 8.70. The first kappa shape index (κ1) is 13.8. The largest absolute Gasteiger partial charge is 0.383 e. The lowest BCUT2D eigenvalue weighted by atomic mass is 9.88. The highest BCUT2D eigenvalue weighted by Crippen LogP contribution is 2.48. The molecule has 1 amide bonds. The van der Waals surface area contributed by atoms with Crippen LogP contribution in [0.4, 0.5) is 0 Å². The molecule has 3 unspecified atom stereocenters. The molecule has 18 heavy (non-hydrogen) atoms. The van der Waals surface area contributed by atoms with Crippen LogP contribution in [-0.2, 0) is 9.53 Å².